The molecular weight excluding hydrogens is 350 g/mol. The molecule has 1 aromatic carbocycles. The van der Waals surface area contributed by atoms with Crippen molar-refractivity contribution in [3.8, 4) is 0 Å². The summed E-state index contributed by atoms with van der Waals surface area (Å²) in [6, 6.07) is 5.95. The van der Waals surface area contributed by atoms with Crippen LogP contribution < -0.4 is 4.72 Å². The van der Waals surface area contributed by atoms with Crippen LogP contribution in [0.25, 0.3) is 0 Å². The number of hydrogen-bond acceptors (Lipinski definition) is 6. The summed E-state index contributed by atoms with van der Waals surface area (Å²) in [5.41, 5.74) is -0.0400. The monoisotopic (exact) mass is 367 g/mol. The van der Waals surface area contributed by atoms with Crippen molar-refractivity contribution in [1.29, 1.82) is 0 Å². The summed E-state index contributed by atoms with van der Waals surface area (Å²) in [5, 5.41) is 21.0. The van der Waals surface area contributed by atoms with Gasteiger partial charge >= 0.3 is 0 Å². The van der Waals surface area contributed by atoms with E-state index in [1.165, 1.54) is 12.2 Å². The number of fused-ring (bicyclic) bond motifs is 1. The fourth-order valence-electron chi connectivity index (χ4n) is 2.45. The maximum absolute atomic E-state index is 11.1. The number of nitrogens with one attached hydrogen (secondary N) is 1. The second-order valence-electron chi connectivity index (χ2n) is 6.17. The van der Waals surface area contributed by atoms with Gasteiger partial charge in [0.2, 0.25) is 16.1 Å². The number of hydrogen-bond donors (Lipinski definition) is 1. The Bertz CT molecular complexity index is 873. The Morgan fingerprint density at radius 1 is 1.20 bits per heavy atom. The van der Waals surface area contributed by atoms with E-state index >= 15 is 0 Å². The predicted octanol–water partition coefficient (Wildman–Crippen LogP) is 1.87. The molecule has 1 N–H and O–H groups in total. The predicted molar refractivity (Wildman–Crippen MR) is 89.2 cm³/mol. The molecule has 2 aliphatic rings. The highest BCUT2D eigenvalue weighted by molar-refractivity contribution is 7.89. The third-order valence-corrected chi connectivity index (χ3v) is 5.43. The molecule has 1 aliphatic carbocycles. The molecule has 0 bridgehead atoms. The lowest BCUT2D eigenvalue weighted by Gasteiger charge is -2.23. The molecule has 0 fully saturated rings. The topological polar surface area (TPSA) is 132 Å². The van der Waals surface area contributed by atoms with Crippen molar-refractivity contribution in [3.63, 3.8) is 0 Å². The smallest absolute Gasteiger partial charge is 0.264 e. The SMILES string of the molecule is CC1(C)C=CC([N+](=O)[O-])=CC1[N+](=O)[O-].O=S1(=O)NCc2ccccc21. The molecule has 0 amide bonds. The highest BCUT2D eigenvalue weighted by atomic mass is 32.2. The zero-order chi connectivity index (χ0) is 18.8. The van der Waals surface area contributed by atoms with Gasteiger partial charge in [-0.2, -0.15) is 0 Å². The average molecular weight is 367 g/mol. The van der Waals surface area contributed by atoms with E-state index in [-0.39, 0.29) is 5.70 Å². The van der Waals surface area contributed by atoms with Crippen LogP contribution in [0, 0.1) is 25.6 Å². The van der Waals surface area contributed by atoms with Gasteiger partial charge in [0, 0.05) is 17.5 Å². The molecule has 0 spiro atoms. The van der Waals surface area contributed by atoms with Crippen molar-refractivity contribution in [3.05, 3.63) is 74.0 Å². The van der Waals surface area contributed by atoms with E-state index in [1.807, 2.05) is 12.1 Å². The Morgan fingerprint density at radius 3 is 2.40 bits per heavy atom. The maximum atomic E-state index is 11.1. The van der Waals surface area contributed by atoms with Crippen molar-refractivity contribution in [2.24, 2.45) is 5.41 Å². The fourth-order valence-corrected chi connectivity index (χ4v) is 3.69. The molecule has 134 valence electrons. The van der Waals surface area contributed by atoms with Crippen LogP contribution in [0.15, 0.2) is 53.1 Å². The van der Waals surface area contributed by atoms with Gasteiger partial charge in [-0.15, -0.1) is 0 Å². The van der Waals surface area contributed by atoms with Gasteiger partial charge < -0.3 is 0 Å². The molecule has 0 saturated heterocycles. The highest BCUT2D eigenvalue weighted by Crippen LogP contribution is 2.30. The minimum absolute atomic E-state index is 0.217. The van der Waals surface area contributed by atoms with Crippen LogP contribution in [-0.4, -0.2) is 24.3 Å². The summed E-state index contributed by atoms with van der Waals surface area (Å²) >= 11 is 0. The van der Waals surface area contributed by atoms with Gasteiger partial charge in [-0.05, 0) is 25.5 Å². The third kappa shape index (κ3) is 4.09. The van der Waals surface area contributed by atoms with Crippen molar-refractivity contribution < 1.29 is 18.3 Å². The summed E-state index contributed by atoms with van der Waals surface area (Å²) in [6.45, 7) is 3.77. The number of allylic oxidation sites excluding steroid dienone is 1. The van der Waals surface area contributed by atoms with E-state index < -0.39 is 31.3 Å². The Hall–Kier alpha value is -2.59. The van der Waals surface area contributed by atoms with Crippen LogP contribution in [0.4, 0.5) is 0 Å². The van der Waals surface area contributed by atoms with Crippen LogP contribution in [0.5, 0.6) is 0 Å². The zero-order valence-electron chi connectivity index (χ0n) is 13.6. The summed E-state index contributed by atoms with van der Waals surface area (Å²) < 4.78 is 24.7. The van der Waals surface area contributed by atoms with Gasteiger partial charge in [-0.1, -0.05) is 24.3 Å². The van der Waals surface area contributed by atoms with Crippen LogP contribution >= 0.6 is 0 Å². The van der Waals surface area contributed by atoms with Crippen molar-refractivity contribution in [1.82, 2.24) is 4.72 Å². The van der Waals surface area contributed by atoms with Gasteiger partial charge in [0.15, 0.2) is 0 Å². The first-order valence-electron chi connectivity index (χ1n) is 7.31. The molecule has 1 aliphatic heterocycles. The molecule has 10 heteroatoms. The molecule has 0 saturated carbocycles. The molecule has 1 atom stereocenters. The molecule has 1 aromatic rings. The van der Waals surface area contributed by atoms with E-state index in [0.29, 0.717) is 11.4 Å². The summed E-state index contributed by atoms with van der Waals surface area (Å²) in [7, 11) is -3.16. The average Bonchev–Trinajstić information content (AvgIpc) is 2.83. The molecular formula is C15H17N3O6S. The molecule has 9 nitrogen and oxygen atoms in total. The molecule has 0 aromatic heterocycles. The minimum Gasteiger partial charge on any atom is -0.264 e. The first-order valence-corrected chi connectivity index (χ1v) is 8.79. The lowest BCUT2D eigenvalue weighted by atomic mass is 9.81. The first kappa shape index (κ1) is 18.7. The molecule has 1 heterocycles. The van der Waals surface area contributed by atoms with Crippen LogP contribution in [-0.2, 0) is 16.6 Å². The van der Waals surface area contributed by atoms with E-state index in [1.54, 1.807) is 26.0 Å². The molecule has 0 radical (unpaired) electrons. The zero-order valence-corrected chi connectivity index (χ0v) is 14.4. The van der Waals surface area contributed by atoms with Gasteiger partial charge in [-0.25, -0.2) is 13.1 Å². The second kappa shape index (κ2) is 6.73. The number of benzene rings is 1. The summed E-state index contributed by atoms with van der Waals surface area (Å²) in [4.78, 5) is 20.3. The number of rotatable bonds is 2. The van der Waals surface area contributed by atoms with Crippen molar-refractivity contribution in [2.75, 3.05) is 0 Å². The Labute approximate surface area is 144 Å². The summed E-state index contributed by atoms with van der Waals surface area (Å²) in [6.07, 6.45) is 3.89. The standard InChI is InChI=1S/C8H10N2O4.C7H7NO2S/c1-8(2)4-3-6(9(11)12)5-7(8)10(13)14;9-11(10)7-4-2-1-3-6(7)5-8-11/h3-5,7H,1-2H3;1-4,8H,5H2. The summed E-state index contributed by atoms with van der Waals surface area (Å²) in [5.74, 6) is 0. The van der Waals surface area contributed by atoms with Crippen LogP contribution in [0.1, 0.15) is 19.4 Å². The fraction of sp³-hybridized carbons (Fsp3) is 0.333. The van der Waals surface area contributed by atoms with Crippen LogP contribution in [0.2, 0.25) is 0 Å². The largest absolute Gasteiger partial charge is 0.272 e. The third-order valence-electron chi connectivity index (χ3n) is 3.93. The van der Waals surface area contributed by atoms with Crippen LogP contribution in [0.3, 0.4) is 0 Å². The lowest BCUT2D eigenvalue weighted by Crippen LogP contribution is -2.35. The maximum Gasteiger partial charge on any atom is 0.272 e. The second-order valence-corrected chi connectivity index (χ2v) is 7.90. The minimum atomic E-state index is -3.16. The molecule has 1 unspecified atom stereocenters. The molecule has 25 heavy (non-hydrogen) atoms. The number of sulfonamides is 1. The Morgan fingerprint density at radius 2 is 1.84 bits per heavy atom. The highest BCUT2D eigenvalue weighted by Gasteiger charge is 2.39. The first-order chi connectivity index (χ1) is 11.5. The lowest BCUT2D eigenvalue weighted by molar-refractivity contribution is -0.526. The van der Waals surface area contributed by atoms with Gasteiger partial charge in [0.05, 0.1) is 21.3 Å². The van der Waals surface area contributed by atoms with Gasteiger partial charge in [0.25, 0.3) is 5.70 Å². The Balaban J connectivity index is 0.000000185. The normalized spacial score (nSPS) is 22.2. The van der Waals surface area contributed by atoms with E-state index in [2.05, 4.69) is 4.72 Å². The number of nitrogens with zero attached hydrogens (tertiary/aromatic N) is 2. The van der Waals surface area contributed by atoms with E-state index in [4.69, 9.17) is 0 Å². The Kier molecular flexibility index (Phi) is 5.04. The molecule has 3 rings (SSSR count). The van der Waals surface area contributed by atoms with Crippen molar-refractivity contribution >= 4 is 10.0 Å². The quantitative estimate of drug-likeness (QED) is 0.627. The van der Waals surface area contributed by atoms with Gasteiger partial charge in [0.1, 0.15) is 0 Å². The van der Waals surface area contributed by atoms with E-state index in [9.17, 15) is 28.6 Å². The van der Waals surface area contributed by atoms with Crippen molar-refractivity contribution in [2.45, 2.75) is 31.3 Å². The van der Waals surface area contributed by atoms with E-state index in [0.717, 1.165) is 11.6 Å². The number of nitro groups is 2. The van der Waals surface area contributed by atoms with Gasteiger partial charge in [-0.3, -0.25) is 20.2 Å².